The van der Waals surface area contributed by atoms with E-state index in [9.17, 15) is 0 Å². The molecule has 0 saturated carbocycles. The topological polar surface area (TPSA) is 30.7 Å². The first-order chi connectivity index (χ1) is 20.8. The molecule has 0 N–H and O–H groups in total. The van der Waals surface area contributed by atoms with Crippen molar-refractivity contribution in [2.24, 2.45) is 0 Å². The molecule has 0 unspecified atom stereocenters. The van der Waals surface area contributed by atoms with Crippen molar-refractivity contribution in [1.29, 1.82) is 0 Å². The lowest BCUT2D eigenvalue weighted by Crippen LogP contribution is -2.03. The van der Waals surface area contributed by atoms with E-state index in [0.717, 1.165) is 33.2 Å². The van der Waals surface area contributed by atoms with Gasteiger partial charge in [0, 0.05) is 41.9 Å². The molecule has 3 heterocycles. The number of aromatic nitrogens is 3. The number of fused-ring (bicyclic) bond motifs is 2. The lowest BCUT2D eigenvalue weighted by atomic mass is 9.99. The smallest absolute Gasteiger partial charge is 0.235 e. The summed E-state index contributed by atoms with van der Waals surface area (Å²) in [5, 5.41) is 11.1. The summed E-state index contributed by atoms with van der Waals surface area (Å²) in [5.74, 6) is 0.693. The zero-order valence-corrected chi connectivity index (χ0v) is 23.2. The van der Waals surface area contributed by atoms with Gasteiger partial charge in [0.2, 0.25) is 5.95 Å². The molecule has 0 amide bonds. The lowest BCUT2D eigenvalue weighted by Gasteiger charge is -2.13. The fourth-order valence-corrected chi connectivity index (χ4v) is 8.16. The Morgan fingerprint density at radius 3 is 1.79 bits per heavy atom. The SMILES string of the molecule is c1ccc2c(-c3nc(-n4c5ccc6cccc7sc8cccc9ccc4c(c98)c5c67)nc4ccccc34)cccc2c1. The van der Waals surface area contributed by atoms with Gasteiger partial charge in [0.05, 0.1) is 22.2 Å². The van der Waals surface area contributed by atoms with E-state index in [1.807, 2.05) is 11.3 Å². The van der Waals surface area contributed by atoms with Crippen LogP contribution in [0.25, 0.3) is 91.6 Å². The van der Waals surface area contributed by atoms with Crippen LogP contribution in [0.15, 0.2) is 127 Å². The summed E-state index contributed by atoms with van der Waals surface area (Å²) >= 11 is 1.87. The van der Waals surface area contributed by atoms with Gasteiger partial charge in [-0.25, -0.2) is 9.97 Å². The first-order valence-electron chi connectivity index (χ1n) is 14.2. The molecule has 194 valence electrons. The summed E-state index contributed by atoms with van der Waals surface area (Å²) in [5.41, 5.74) is 5.27. The summed E-state index contributed by atoms with van der Waals surface area (Å²) in [6.45, 7) is 0. The van der Waals surface area contributed by atoms with Gasteiger partial charge in [-0.05, 0) is 51.9 Å². The number of nitrogens with zero attached hydrogens (tertiary/aromatic N) is 3. The van der Waals surface area contributed by atoms with E-state index in [1.54, 1.807) is 0 Å². The first kappa shape index (κ1) is 22.4. The minimum Gasteiger partial charge on any atom is -0.278 e. The molecule has 0 fully saturated rings. The van der Waals surface area contributed by atoms with Crippen molar-refractivity contribution in [1.82, 2.24) is 14.5 Å². The molecular formula is C38H21N3S. The number of hydrogen-bond acceptors (Lipinski definition) is 3. The molecule has 42 heavy (non-hydrogen) atoms. The third-order valence-corrected chi connectivity index (χ3v) is 9.88. The second kappa shape index (κ2) is 8.12. The van der Waals surface area contributed by atoms with Gasteiger partial charge >= 0.3 is 0 Å². The van der Waals surface area contributed by atoms with Crippen LogP contribution in [0, 0.1) is 0 Å². The Balaban J connectivity index is 1.41. The van der Waals surface area contributed by atoms with Crippen LogP contribution in [0.1, 0.15) is 0 Å². The minimum atomic E-state index is 0.693. The Hall–Kier alpha value is -5.32. The normalized spacial score (nSPS) is 12.3. The molecule has 7 aromatic carbocycles. The molecule has 0 aliphatic heterocycles. The highest BCUT2D eigenvalue weighted by Gasteiger charge is 2.22. The molecule has 0 spiro atoms. The Labute approximate surface area is 244 Å². The maximum absolute atomic E-state index is 5.41. The molecule has 0 aliphatic rings. The monoisotopic (exact) mass is 551 g/mol. The second-order valence-corrected chi connectivity index (χ2v) is 12.1. The first-order valence-corrected chi connectivity index (χ1v) is 15.0. The van der Waals surface area contributed by atoms with Gasteiger partial charge in [-0.3, -0.25) is 4.57 Å². The maximum atomic E-state index is 5.41. The molecule has 10 aromatic rings. The summed E-state index contributed by atoms with van der Waals surface area (Å²) in [6, 6.07) is 45.7. The van der Waals surface area contributed by atoms with Gasteiger partial charge in [-0.15, -0.1) is 11.3 Å². The lowest BCUT2D eigenvalue weighted by molar-refractivity contribution is 1.01. The Morgan fingerprint density at radius 1 is 0.452 bits per heavy atom. The van der Waals surface area contributed by atoms with Crippen LogP contribution in [0.4, 0.5) is 0 Å². The highest BCUT2D eigenvalue weighted by Crippen LogP contribution is 2.46. The van der Waals surface area contributed by atoms with Gasteiger partial charge in [-0.2, -0.15) is 0 Å². The zero-order valence-electron chi connectivity index (χ0n) is 22.4. The van der Waals surface area contributed by atoms with Crippen molar-refractivity contribution >= 4 is 85.8 Å². The van der Waals surface area contributed by atoms with Crippen LogP contribution in [0.3, 0.4) is 0 Å². The van der Waals surface area contributed by atoms with E-state index < -0.39 is 0 Å². The second-order valence-electron chi connectivity index (χ2n) is 11.0. The van der Waals surface area contributed by atoms with Gasteiger partial charge in [0.25, 0.3) is 0 Å². The summed E-state index contributed by atoms with van der Waals surface area (Å²) in [6.07, 6.45) is 0. The predicted octanol–water partition coefficient (Wildman–Crippen LogP) is 10.5. The number of benzene rings is 7. The van der Waals surface area contributed by atoms with E-state index in [0.29, 0.717) is 5.95 Å². The summed E-state index contributed by atoms with van der Waals surface area (Å²) in [7, 11) is 0. The largest absolute Gasteiger partial charge is 0.278 e. The number of para-hydroxylation sites is 1. The standard InChI is InChI=1S/C38H21N3S/c1-2-12-25-22(8-1)9-5-14-26(25)37-27-13-3-4-15-28(27)39-38(40-37)41-29-20-18-23-10-6-16-31-33(23)35(29)36-30(41)21-19-24-11-7-17-32(42-31)34(24)36/h1-21H. The fourth-order valence-electron chi connectivity index (χ4n) is 6.98. The van der Waals surface area contributed by atoms with Gasteiger partial charge in [0.15, 0.2) is 0 Å². The van der Waals surface area contributed by atoms with Crippen molar-refractivity contribution in [2.45, 2.75) is 0 Å². The van der Waals surface area contributed by atoms with E-state index in [-0.39, 0.29) is 0 Å². The molecule has 0 bridgehead atoms. The highest BCUT2D eigenvalue weighted by atomic mass is 32.1. The summed E-state index contributed by atoms with van der Waals surface area (Å²) in [4.78, 5) is 10.6. The van der Waals surface area contributed by atoms with E-state index in [1.165, 1.54) is 52.5 Å². The van der Waals surface area contributed by atoms with Gasteiger partial charge in [-0.1, -0.05) is 97.1 Å². The highest BCUT2D eigenvalue weighted by molar-refractivity contribution is 7.24. The minimum absolute atomic E-state index is 0.693. The molecule has 4 heteroatoms. The van der Waals surface area contributed by atoms with Crippen LogP contribution in [-0.2, 0) is 0 Å². The molecular weight excluding hydrogens is 531 g/mol. The molecule has 10 rings (SSSR count). The Morgan fingerprint density at radius 2 is 1.05 bits per heavy atom. The van der Waals surface area contributed by atoms with Crippen molar-refractivity contribution < 1.29 is 0 Å². The average Bonchev–Trinajstić information content (AvgIpc) is 3.30. The van der Waals surface area contributed by atoms with E-state index in [4.69, 9.17) is 9.97 Å². The molecule has 0 aliphatic carbocycles. The van der Waals surface area contributed by atoms with E-state index in [2.05, 4.69) is 132 Å². The van der Waals surface area contributed by atoms with Gasteiger partial charge in [0.1, 0.15) is 0 Å². The van der Waals surface area contributed by atoms with Crippen molar-refractivity contribution in [2.75, 3.05) is 0 Å². The molecule has 3 aromatic heterocycles. The summed E-state index contributed by atoms with van der Waals surface area (Å²) < 4.78 is 4.86. The average molecular weight is 552 g/mol. The van der Waals surface area contributed by atoms with Crippen LogP contribution in [0.5, 0.6) is 0 Å². The fraction of sp³-hybridized carbons (Fsp3) is 0. The maximum Gasteiger partial charge on any atom is 0.235 e. The predicted molar refractivity (Wildman–Crippen MR) is 178 cm³/mol. The van der Waals surface area contributed by atoms with E-state index >= 15 is 0 Å². The number of rotatable bonds is 2. The van der Waals surface area contributed by atoms with Crippen LogP contribution in [-0.4, -0.2) is 14.5 Å². The molecule has 3 nitrogen and oxygen atoms in total. The van der Waals surface area contributed by atoms with Crippen molar-refractivity contribution in [3.05, 3.63) is 127 Å². The Bertz CT molecular complexity index is 2590. The zero-order chi connectivity index (χ0) is 27.4. The van der Waals surface area contributed by atoms with Crippen LogP contribution < -0.4 is 0 Å². The third-order valence-electron chi connectivity index (χ3n) is 8.76. The molecule has 0 radical (unpaired) electrons. The van der Waals surface area contributed by atoms with Crippen LogP contribution >= 0.6 is 11.3 Å². The molecule has 0 atom stereocenters. The van der Waals surface area contributed by atoms with Crippen molar-refractivity contribution in [3.8, 4) is 17.2 Å². The van der Waals surface area contributed by atoms with Crippen LogP contribution in [0.2, 0.25) is 0 Å². The number of hydrogen-bond donors (Lipinski definition) is 0. The van der Waals surface area contributed by atoms with Crippen molar-refractivity contribution in [3.63, 3.8) is 0 Å². The molecule has 0 saturated heterocycles. The Kier molecular flexibility index (Phi) is 4.33. The van der Waals surface area contributed by atoms with Gasteiger partial charge < -0.3 is 0 Å². The third kappa shape index (κ3) is 2.89. The quantitative estimate of drug-likeness (QED) is 0.214.